The average Bonchev–Trinajstić information content (AvgIpc) is 2.43. The lowest BCUT2D eigenvalue weighted by molar-refractivity contribution is 0.453. The number of benzene rings is 1. The minimum Gasteiger partial charge on any atom is -0.439 e. The maximum Gasteiger partial charge on any atom is 0.227 e. The number of nitrogen functional groups attached to an aromatic ring is 1. The highest BCUT2D eigenvalue weighted by atomic mass is 32.2. The molecule has 0 saturated heterocycles. The standard InChI is InChI=1S/C14H17N3O3S/c1-4-12-16-13(15)9(2)14(17-12)20-10-6-5-7-11(8-10)21(3,18)19/h5-8H,4H2,1-3H3,(H2,15,16,17). The van der Waals surface area contributed by atoms with E-state index in [2.05, 4.69) is 9.97 Å². The molecule has 2 aromatic rings. The second kappa shape index (κ2) is 5.69. The van der Waals surface area contributed by atoms with Crippen molar-refractivity contribution < 1.29 is 13.2 Å². The molecule has 21 heavy (non-hydrogen) atoms. The lowest BCUT2D eigenvalue weighted by atomic mass is 10.3. The highest BCUT2D eigenvalue weighted by Crippen LogP contribution is 2.27. The quantitative estimate of drug-likeness (QED) is 0.929. The summed E-state index contributed by atoms with van der Waals surface area (Å²) in [4.78, 5) is 8.61. The summed E-state index contributed by atoms with van der Waals surface area (Å²) >= 11 is 0. The Morgan fingerprint density at radius 3 is 2.62 bits per heavy atom. The molecule has 0 aliphatic rings. The monoisotopic (exact) mass is 307 g/mol. The summed E-state index contributed by atoms with van der Waals surface area (Å²) in [5, 5.41) is 0. The van der Waals surface area contributed by atoms with E-state index in [1.807, 2.05) is 6.92 Å². The van der Waals surface area contributed by atoms with E-state index in [9.17, 15) is 8.42 Å². The Bertz CT molecular complexity index is 773. The molecule has 2 rings (SSSR count). The van der Waals surface area contributed by atoms with Crippen molar-refractivity contribution in [1.82, 2.24) is 9.97 Å². The van der Waals surface area contributed by atoms with E-state index in [1.54, 1.807) is 19.1 Å². The van der Waals surface area contributed by atoms with Crippen LogP contribution in [0.5, 0.6) is 11.6 Å². The third kappa shape index (κ3) is 3.49. The Labute approximate surface area is 123 Å². The van der Waals surface area contributed by atoms with Gasteiger partial charge in [0, 0.05) is 12.7 Å². The first-order valence-corrected chi connectivity index (χ1v) is 8.31. The largest absolute Gasteiger partial charge is 0.439 e. The molecule has 1 aromatic heterocycles. The second-order valence-corrected chi connectivity index (χ2v) is 6.67. The first kappa shape index (κ1) is 15.2. The number of hydrogen-bond acceptors (Lipinski definition) is 6. The molecule has 7 heteroatoms. The summed E-state index contributed by atoms with van der Waals surface area (Å²) in [6, 6.07) is 6.25. The Balaban J connectivity index is 2.41. The minimum atomic E-state index is -3.29. The van der Waals surface area contributed by atoms with Crippen LogP contribution >= 0.6 is 0 Å². The Morgan fingerprint density at radius 2 is 2.00 bits per heavy atom. The molecule has 0 amide bonds. The normalized spacial score (nSPS) is 11.4. The third-order valence-electron chi connectivity index (χ3n) is 2.95. The Morgan fingerprint density at radius 1 is 1.29 bits per heavy atom. The van der Waals surface area contributed by atoms with Crippen molar-refractivity contribution in [2.24, 2.45) is 0 Å². The van der Waals surface area contributed by atoms with Gasteiger partial charge in [0.2, 0.25) is 5.88 Å². The molecule has 0 fully saturated rings. The molecular weight excluding hydrogens is 290 g/mol. The molecule has 0 spiro atoms. The molecule has 6 nitrogen and oxygen atoms in total. The zero-order valence-corrected chi connectivity index (χ0v) is 12.9. The van der Waals surface area contributed by atoms with E-state index >= 15 is 0 Å². The maximum absolute atomic E-state index is 11.6. The summed E-state index contributed by atoms with van der Waals surface area (Å²) in [6.45, 7) is 3.67. The van der Waals surface area contributed by atoms with E-state index < -0.39 is 9.84 Å². The van der Waals surface area contributed by atoms with E-state index in [1.165, 1.54) is 12.1 Å². The van der Waals surface area contributed by atoms with E-state index in [0.717, 1.165) is 6.26 Å². The maximum atomic E-state index is 11.6. The first-order valence-electron chi connectivity index (χ1n) is 6.42. The number of anilines is 1. The second-order valence-electron chi connectivity index (χ2n) is 4.66. The van der Waals surface area contributed by atoms with Gasteiger partial charge in [0.05, 0.1) is 10.5 Å². The fourth-order valence-electron chi connectivity index (χ4n) is 1.70. The summed E-state index contributed by atoms with van der Waals surface area (Å²) in [6.07, 6.45) is 1.78. The molecule has 0 unspecified atom stereocenters. The topological polar surface area (TPSA) is 95.2 Å². The average molecular weight is 307 g/mol. The number of nitrogens with two attached hydrogens (primary N) is 1. The van der Waals surface area contributed by atoms with Gasteiger partial charge in [-0.2, -0.15) is 4.98 Å². The fourth-order valence-corrected chi connectivity index (χ4v) is 2.35. The van der Waals surface area contributed by atoms with Gasteiger partial charge in [-0.15, -0.1) is 0 Å². The zero-order valence-electron chi connectivity index (χ0n) is 12.1. The zero-order chi connectivity index (χ0) is 15.6. The van der Waals surface area contributed by atoms with Gasteiger partial charge in [0.1, 0.15) is 17.4 Å². The molecule has 0 saturated carbocycles. The summed E-state index contributed by atoms with van der Waals surface area (Å²) < 4.78 is 28.8. The van der Waals surface area contributed by atoms with Crippen LogP contribution in [0.1, 0.15) is 18.3 Å². The number of sulfone groups is 1. The van der Waals surface area contributed by atoms with E-state index in [-0.39, 0.29) is 4.90 Å². The van der Waals surface area contributed by atoms with Crippen LogP contribution in [0.3, 0.4) is 0 Å². The molecule has 2 N–H and O–H groups in total. The summed E-state index contributed by atoms with van der Waals surface area (Å²) in [5.41, 5.74) is 6.45. The van der Waals surface area contributed by atoms with E-state index in [0.29, 0.717) is 35.3 Å². The molecule has 0 atom stereocenters. The lowest BCUT2D eigenvalue weighted by Crippen LogP contribution is -2.04. The van der Waals surface area contributed by atoms with Crippen LogP contribution in [0.25, 0.3) is 0 Å². The van der Waals surface area contributed by atoms with Crippen molar-refractivity contribution in [3.8, 4) is 11.6 Å². The predicted octanol–water partition coefficient (Wildman–Crippen LogP) is 2.13. The van der Waals surface area contributed by atoms with Gasteiger partial charge in [-0.1, -0.05) is 13.0 Å². The highest BCUT2D eigenvalue weighted by Gasteiger charge is 2.12. The van der Waals surface area contributed by atoms with Crippen LogP contribution in [0.2, 0.25) is 0 Å². The minimum absolute atomic E-state index is 0.190. The number of aromatic nitrogens is 2. The number of ether oxygens (including phenoxy) is 1. The number of rotatable bonds is 4. The molecule has 0 radical (unpaired) electrons. The van der Waals surface area contributed by atoms with Gasteiger partial charge < -0.3 is 10.5 Å². The summed E-state index contributed by atoms with van der Waals surface area (Å²) in [7, 11) is -3.29. The van der Waals surface area contributed by atoms with Crippen LogP contribution in [0, 0.1) is 6.92 Å². The number of hydrogen-bond donors (Lipinski definition) is 1. The van der Waals surface area contributed by atoms with Crippen molar-refractivity contribution in [2.45, 2.75) is 25.2 Å². The fraction of sp³-hybridized carbons (Fsp3) is 0.286. The van der Waals surface area contributed by atoms with Crippen molar-refractivity contribution in [3.63, 3.8) is 0 Å². The smallest absolute Gasteiger partial charge is 0.227 e. The van der Waals surface area contributed by atoms with Gasteiger partial charge in [0.25, 0.3) is 0 Å². The van der Waals surface area contributed by atoms with Crippen molar-refractivity contribution in [2.75, 3.05) is 12.0 Å². The predicted molar refractivity (Wildman–Crippen MR) is 80.2 cm³/mol. The lowest BCUT2D eigenvalue weighted by Gasteiger charge is -2.11. The molecule has 1 heterocycles. The van der Waals surface area contributed by atoms with Crippen molar-refractivity contribution in [3.05, 3.63) is 35.7 Å². The summed E-state index contributed by atoms with van der Waals surface area (Å²) in [5.74, 6) is 1.66. The molecule has 112 valence electrons. The molecular formula is C14H17N3O3S. The third-order valence-corrected chi connectivity index (χ3v) is 4.06. The molecule has 0 aliphatic heterocycles. The van der Waals surface area contributed by atoms with Gasteiger partial charge in [-0.25, -0.2) is 13.4 Å². The molecule has 0 aliphatic carbocycles. The van der Waals surface area contributed by atoms with Crippen molar-refractivity contribution >= 4 is 15.7 Å². The van der Waals surface area contributed by atoms with Gasteiger partial charge in [-0.05, 0) is 25.1 Å². The van der Waals surface area contributed by atoms with Crippen LogP contribution in [0.15, 0.2) is 29.2 Å². The number of aryl methyl sites for hydroxylation is 1. The van der Waals surface area contributed by atoms with Gasteiger partial charge >= 0.3 is 0 Å². The van der Waals surface area contributed by atoms with Gasteiger partial charge in [0.15, 0.2) is 9.84 Å². The van der Waals surface area contributed by atoms with Crippen molar-refractivity contribution in [1.29, 1.82) is 0 Å². The Kier molecular flexibility index (Phi) is 4.13. The highest BCUT2D eigenvalue weighted by molar-refractivity contribution is 7.90. The van der Waals surface area contributed by atoms with Crippen LogP contribution in [0.4, 0.5) is 5.82 Å². The van der Waals surface area contributed by atoms with Crippen LogP contribution in [-0.4, -0.2) is 24.6 Å². The van der Waals surface area contributed by atoms with Crippen LogP contribution < -0.4 is 10.5 Å². The Hall–Kier alpha value is -2.15. The van der Waals surface area contributed by atoms with E-state index in [4.69, 9.17) is 10.5 Å². The first-order chi connectivity index (χ1) is 9.81. The number of nitrogens with zero attached hydrogens (tertiary/aromatic N) is 2. The van der Waals surface area contributed by atoms with Crippen LogP contribution in [-0.2, 0) is 16.3 Å². The molecule has 0 bridgehead atoms. The SMILES string of the molecule is CCc1nc(N)c(C)c(Oc2cccc(S(C)(=O)=O)c2)n1. The molecule has 1 aromatic carbocycles. The van der Waals surface area contributed by atoms with Gasteiger partial charge in [-0.3, -0.25) is 0 Å².